The van der Waals surface area contributed by atoms with E-state index >= 15 is 0 Å². The summed E-state index contributed by atoms with van der Waals surface area (Å²) in [6.45, 7) is 4.36. The first-order valence-electron chi connectivity index (χ1n) is 10.2. The number of anilines is 1. The Morgan fingerprint density at radius 1 is 1.23 bits per heavy atom. The zero-order valence-electron chi connectivity index (χ0n) is 17.9. The van der Waals surface area contributed by atoms with Crippen LogP contribution in [0, 0.1) is 6.92 Å². The lowest BCUT2D eigenvalue weighted by Crippen LogP contribution is -2.47. The average Bonchev–Trinajstić information content (AvgIpc) is 2.74. The fourth-order valence-corrected chi connectivity index (χ4v) is 4.07. The highest BCUT2D eigenvalue weighted by atomic mass is 35.5. The highest BCUT2D eigenvalue weighted by Crippen LogP contribution is 2.32. The molecule has 0 saturated carbocycles. The number of amides is 1. The number of hydrogen-bond acceptors (Lipinski definition) is 6. The first-order chi connectivity index (χ1) is 14.8. The minimum absolute atomic E-state index is 0.159. The number of ether oxygens (including phenoxy) is 3. The summed E-state index contributed by atoms with van der Waals surface area (Å²) in [5, 5.41) is 0.381. The van der Waals surface area contributed by atoms with Crippen molar-refractivity contribution in [3.05, 3.63) is 52.0 Å². The fourth-order valence-electron chi connectivity index (χ4n) is 3.74. The van der Waals surface area contributed by atoms with E-state index in [-0.39, 0.29) is 24.7 Å². The summed E-state index contributed by atoms with van der Waals surface area (Å²) in [6.07, 6.45) is 1.22. The van der Waals surface area contributed by atoms with E-state index in [0.717, 1.165) is 41.0 Å². The molecule has 1 amide bonds. The summed E-state index contributed by atoms with van der Waals surface area (Å²) in [7, 11) is 1.62. The summed E-state index contributed by atoms with van der Waals surface area (Å²) in [6, 6.07) is 8.15. The Morgan fingerprint density at radius 3 is 2.68 bits per heavy atom. The summed E-state index contributed by atoms with van der Waals surface area (Å²) in [4.78, 5) is 26.4. The van der Waals surface area contributed by atoms with Gasteiger partial charge in [-0.25, -0.2) is 4.79 Å². The number of carbonyl (C=O) groups excluding carboxylic acids is 2. The largest absolute Gasteiger partial charge is 0.513 e. The lowest BCUT2D eigenvalue weighted by atomic mass is 9.97. The van der Waals surface area contributed by atoms with Crippen molar-refractivity contribution in [1.82, 2.24) is 0 Å². The molecule has 0 spiro atoms. The minimum atomic E-state index is -0.794. The molecule has 3 rings (SSSR count). The number of rotatable bonds is 6. The van der Waals surface area contributed by atoms with E-state index in [2.05, 4.69) is 0 Å². The molecule has 2 aromatic carbocycles. The molecule has 1 heterocycles. The monoisotopic (exact) mass is 446 g/mol. The zero-order valence-corrected chi connectivity index (χ0v) is 18.7. The predicted molar refractivity (Wildman–Crippen MR) is 119 cm³/mol. The highest BCUT2D eigenvalue weighted by molar-refractivity contribution is 6.31. The summed E-state index contributed by atoms with van der Waals surface area (Å²) in [5.41, 5.74) is 9.77. The highest BCUT2D eigenvalue weighted by Gasteiger charge is 2.28. The molecule has 2 aromatic rings. The molecule has 1 atom stereocenters. The van der Waals surface area contributed by atoms with Crippen molar-refractivity contribution >= 4 is 29.4 Å². The van der Waals surface area contributed by atoms with E-state index < -0.39 is 12.2 Å². The summed E-state index contributed by atoms with van der Waals surface area (Å²) >= 11 is 6.42. The normalized spacial score (nSPS) is 13.9. The number of halogens is 1. The van der Waals surface area contributed by atoms with Crippen LogP contribution in [0.15, 0.2) is 30.3 Å². The second-order valence-electron chi connectivity index (χ2n) is 7.38. The van der Waals surface area contributed by atoms with Crippen LogP contribution in [0.1, 0.15) is 30.0 Å². The van der Waals surface area contributed by atoms with Crippen molar-refractivity contribution in [2.24, 2.45) is 5.73 Å². The van der Waals surface area contributed by atoms with Crippen LogP contribution < -0.4 is 20.1 Å². The standard InChI is InChI=1S/C23H27ClN2O5/c1-4-30-23(28)31-17-10-14(2)18(19(24)12-17)13-20(25)22(27)26-9-5-6-15-11-16(29-3)7-8-21(15)26/h7-8,10-12,20H,4-6,9,13,25H2,1-3H3. The molecule has 2 N–H and O–H groups in total. The van der Waals surface area contributed by atoms with Crippen LogP contribution in [-0.2, 0) is 22.4 Å². The third-order valence-corrected chi connectivity index (χ3v) is 5.61. The summed E-state index contributed by atoms with van der Waals surface area (Å²) in [5.74, 6) is 0.891. The second-order valence-corrected chi connectivity index (χ2v) is 7.79. The topological polar surface area (TPSA) is 91.1 Å². The molecule has 0 aliphatic carbocycles. The van der Waals surface area contributed by atoms with Gasteiger partial charge in [0.1, 0.15) is 11.5 Å². The maximum absolute atomic E-state index is 13.2. The van der Waals surface area contributed by atoms with Crippen LogP contribution in [0.3, 0.4) is 0 Å². The lowest BCUT2D eigenvalue weighted by molar-refractivity contribution is -0.119. The van der Waals surface area contributed by atoms with E-state index in [1.165, 1.54) is 6.07 Å². The van der Waals surface area contributed by atoms with Gasteiger partial charge in [0.05, 0.1) is 19.8 Å². The number of fused-ring (bicyclic) bond motifs is 1. The molecule has 0 fully saturated rings. The van der Waals surface area contributed by atoms with Crippen LogP contribution in [0.2, 0.25) is 5.02 Å². The molecule has 1 aliphatic rings. The molecular weight excluding hydrogens is 420 g/mol. The molecule has 0 aromatic heterocycles. The Kier molecular flexibility index (Phi) is 7.41. The molecule has 8 heteroatoms. The second kappa shape index (κ2) is 10.0. The molecule has 1 aliphatic heterocycles. The van der Waals surface area contributed by atoms with E-state index in [9.17, 15) is 9.59 Å². The van der Waals surface area contributed by atoms with Crippen LogP contribution in [0.25, 0.3) is 0 Å². The van der Waals surface area contributed by atoms with Crippen molar-refractivity contribution in [3.63, 3.8) is 0 Å². The van der Waals surface area contributed by atoms with Crippen LogP contribution in [0.4, 0.5) is 10.5 Å². The number of carbonyl (C=O) groups is 2. The quantitative estimate of drug-likeness (QED) is 0.532. The van der Waals surface area contributed by atoms with Gasteiger partial charge in [0.2, 0.25) is 5.91 Å². The number of nitrogens with two attached hydrogens (primary N) is 1. The number of methoxy groups -OCH3 is 1. The molecule has 166 valence electrons. The van der Waals surface area contributed by atoms with Gasteiger partial charge in [0.15, 0.2) is 0 Å². The first-order valence-corrected chi connectivity index (χ1v) is 10.6. The maximum atomic E-state index is 13.2. The Labute approximate surface area is 187 Å². The van der Waals surface area contributed by atoms with Gasteiger partial charge in [-0.05, 0) is 80.1 Å². The number of aryl methyl sites for hydroxylation is 2. The van der Waals surface area contributed by atoms with E-state index in [1.807, 2.05) is 25.1 Å². The van der Waals surface area contributed by atoms with Gasteiger partial charge < -0.3 is 24.8 Å². The van der Waals surface area contributed by atoms with E-state index in [4.69, 9.17) is 31.5 Å². The molecule has 7 nitrogen and oxygen atoms in total. The van der Waals surface area contributed by atoms with E-state index in [0.29, 0.717) is 11.6 Å². The number of nitrogens with zero attached hydrogens (tertiary/aromatic N) is 1. The van der Waals surface area contributed by atoms with Gasteiger partial charge in [-0.1, -0.05) is 11.6 Å². The van der Waals surface area contributed by atoms with Crippen LogP contribution in [-0.4, -0.2) is 38.4 Å². The van der Waals surface area contributed by atoms with Gasteiger partial charge >= 0.3 is 6.16 Å². The Hall–Kier alpha value is -2.77. The van der Waals surface area contributed by atoms with Crippen molar-refractivity contribution in [2.45, 2.75) is 39.2 Å². The molecule has 31 heavy (non-hydrogen) atoms. The van der Waals surface area contributed by atoms with Crippen LogP contribution in [0.5, 0.6) is 11.5 Å². The Bertz CT molecular complexity index is 955. The van der Waals surface area contributed by atoms with Gasteiger partial charge in [0, 0.05) is 17.3 Å². The Balaban J connectivity index is 1.75. The lowest BCUT2D eigenvalue weighted by Gasteiger charge is -2.32. The first kappa shape index (κ1) is 22.9. The minimum Gasteiger partial charge on any atom is -0.497 e. The van der Waals surface area contributed by atoms with Gasteiger partial charge in [0.25, 0.3) is 0 Å². The average molecular weight is 447 g/mol. The number of hydrogen-bond donors (Lipinski definition) is 1. The molecule has 0 radical (unpaired) electrons. The Morgan fingerprint density at radius 2 is 2.00 bits per heavy atom. The van der Waals surface area contributed by atoms with Crippen LogP contribution >= 0.6 is 11.6 Å². The summed E-state index contributed by atoms with van der Waals surface area (Å²) < 4.78 is 15.2. The van der Waals surface area contributed by atoms with Crippen molar-refractivity contribution in [1.29, 1.82) is 0 Å². The van der Waals surface area contributed by atoms with Crippen molar-refractivity contribution in [3.8, 4) is 11.5 Å². The third kappa shape index (κ3) is 5.29. The van der Waals surface area contributed by atoms with Gasteiger partial charge in [-0.3, -0.25) is 4.79 Å². The molecule has 1 unspecified atom stereocenters. The SMILES string of the molecule is CCOC(=O)Oc1cc(C)c(CC(N)C(=O)N2CCCc3cc(OC)ccc32)c(Cl)c1. The van der Waals surface area contributed by atoms with E-state index in [1.54, 1.807) is 25.0 Å². The van der Waals surface area contributed by atoms with Crippen molar-refractivity contribution in [2.75, 3.05) is 25.2 Å². The zero-order chi connectivity index (χ0) is 22.5. The molecule has 0 bridgehead atoms. The maximum Gasteiger partial charge on any atom is 0.513 e. The van der Waals surface area contributed by atoms with Crippen molar-refractivity contribution < 1.29 is 23.8 Å². The molecular formula is C23H27ClN2O5. The fraction of sp³-hybridized carbons (Fsp3) is 0.391. The predicted octanol–water partition coefficient (Wildman–Crippen LogP) is 4.04. The molecule has 0 saturated heterocycles. The third-order valence-electron chi connectivity index (χ3n) is 5.27. The smallest absolute Gasteiger partial charge is 0.497 e. The number of benzene rings is 2. The van der Waals surface area contributed by atoms with Gasteiger partial charge in [-0.2, -0.15) is 0 Å². The van der Waals surface area contributed by atoms with Gasteiger partial charge in [-0.15, -0.1) is 0 Å².